The van der Waals surface area contributed by atoms with Gasteiger partial charge in [-0.1, -0.05) is 11.8 Å². The molecular weight excluding hydrogens is 523 g/mol. The van der Waals surface area contributed by atoms with E-state index < -0.39 is 33.9 Å². The molecule has 0 spiro atoms. The van der Waals surface area contributed by atoms with E-state index in [0.29, 0.717) is 28.3 Å². The van der Waals surface area contributed by atoms with Crippen molar-refractivity contribution >= 4 is 21.1 Å². The number of pyridine rings is 1. The van der Waals surface area contributed by atoms with Gasteiger partial charge in [-0.3, -0.25) is 4.68 Å². The maximum absolute atomic E-state index is 12.6. The minimum atomic E-state index is -4.58. The number of sulfonamides is 1. The lowest BCUT2D eigenvalue weighted by Gasteiger charge is -2.47. The third-order valence-electron chi connectivity index (χ3n) is 7.10. The van der Waals surface area contributed by atoms with E-state index in [1.165, 1.54) is 4.68 Å². The Kier molecular flexibility index (Phi) is 6.46. The van der Waals surface area contributed by atoms with E-state index in [1.807, 2.05) is 0 Å². The van der Waals surface area contributed by atoms with Gasteiger partial charge >= 0.3 is 12.2 Å². The number of nitrogens with zero attached hydrogens (tertiary/aromatic N) is 7. The van der Waals surface area contributed by atoms with Crippen molar-refractivity contribution in [3.05, 3.63) is 41.3 Å². The van der Waals surface area contributed by atoms with Crippen molar-refractivity contribution in [3.63, 3.8) is 0 Å². The second kappa shape index (κ2) is 9.38. The molecule has 1 N–H and O–H groups in total. The average Bonchev–Trinajstić information content (AvgIpc) is 3.21. The van der Waals surface area contributed by atoms with Crippen molar-refractivity contribution in [1.29, 1.82) is 5.26 Å². The van der Waals surface area contributed by atoms with E-state index in [9.17, 15) is 32.0 Å². The molecule has 2 fully saturated rings. The van der Waals surface area contributed by atoms with Crippen LogP contribution in [0.3, 0.4) is 0 Å². The quantitative estimate of drug-likeness (QED) is 0.484. The Labute approximate surface area is 216 Å². The molecule has 5 rings (SSSR count). The number of hydrogen-bond donors (Lipinski definition) is 1. The van der Waals surface area contributed by atoms with E-state index in [4.69, 9.17) is 0 Å². The zero-order valence-corrected chi connectivity index (χ0v) is 21.2. The summed E-state index contributed by atoms with van der Waals surface area (Å²) in [6.45, 7) is 1.52. The van der Waals surface area contributed by atoms with Gasteiger partial charge in [-0.25, -0.2) is 13.4 Å². The molecule has 1 aliphatic carbocycles. The fraction of sp³-hybridized carbons (Fsp3) is 0.500. The molecule has 1 unspecified atom stereocenters. The standard InChI is InChI=1S/C24H25F3N7O3S/c1-16-8-20(16)29-9-17-10-30-22-19(2-6-32(22)15-35)21(17)18-11-31-34(12-18)23(3-5-28)13-33(14-23)38(36,37)7-4-24(25,26)27/h2,6,10-12,16,20,35H,3-4,7-8,13-15H2,1H3/q+1/t16?,20-/m0/s1. The summed E-state index contributed by atoms with van der Waals surface area (Å²) in [5.41, 5.74) is 1.50. The van der Waals surface area contributed by atoms with Gasteiger partial charge < -0.3 is 9.67 Å². The molecule has 3 aromatic rings. The lowest BCUT2D eigenvalue weighted by molar-refractivity contribution is -0.130. The fourth-order valence-corrected chi connectivity index (χ4v) is 6.28. The number of aliphatic hydroxyl groups is 1. The van der Waals surface area contributed by atoms with Gasteiger partial charge in [-0.15, -0.1) is 0 Å². The third-order valence-corrected chi connectivity index (χ3v) is 8.87. The maximum Gasteiger partial charge on any atom is 0.390 e. The minimum Gasteiger partial charge on any atom is -0.376 e. The SMILES string of the molecule is CC1C[C@@H]1[N+]#Cc1cnc2c(ccn2CO)c1-c1cnn(C2(CC#N)CN(S(=O)(=O)CCC(F)(F)F)C2)c1. The highest BCUT2D eigenvalue weighted by Gasteiger charge is 2.50. The van der Waals surface area contributed by atoms with Crippen molar-refractivity contribution in [3.8, 4) is 23.3 Å². The van der Waals surface area contributed by atoms with Crippen molar-refractivity contribution in [1.82, 2.24) is 23.6 Å². The Morgan fingerprint density at radius 2 is 2.05 bits per heavy atom. The third kappa shape index (κ3) is 4.87. The van der Waals surface area contributed by atoms with Crippen molar-refractivity contribution < 1.29 is 26.7 Å². The van der Waals surface area contributed by atoms with Crippen molar-refractivity contribution in [2.45, 2.75) is 50.7 Å². The van der Waals surface area contributed by atoms with Crippen LogP contribution in [0.25, 0.3) is 27.0 Å². The highest BCUT2D eigenvalue weighted by atomic mass is 32.2. The van der Waals surface area contributed by atoms with E-state index in [1.54, 1.807) is 35.4 Å². The van der Waals surface area contributed by atoms with Gasteiger partial charge in [0.25, 0.3) is 6.04 Å². The van der Waals surface area contributed by atoms with Gasteiger partial charge in [-0.05, 0) is 6.07 Å². The maximum atomic E-state index is 12.6. The molecule has 1 saturated carbocycles. The number of rotatable bonds is 7. The van der Waals surface area contributed by atoms with E-state index >= 15 is 0 Å². The predicted molar refractivity (Wildman–Crippen MR) is 131 cm³/mol. The topological polar surface area (TPSA) is 121 Å². The van der Waals surface area contributed by atoms with Gasteiger partial charge in [0.1, 0.15) is 23.5 Å². The number of aromatic nitrogens is 4. The normalized spacial score (nSPS) is 20.9. The summed E-state index contributed by atoms with van der Waals surface area (Å²) in [4.78, 5) is 8.98. The van der Waals surface area contributed by atoms with Crippen LogP contribution in [-0.4, -0.2) is 68.2 Å². The second-order valence-corrected chi connectivity index (χ2v) is 12.0. The molecule has 14 heteroatoms. The molecule has 1 aliphatic heterocycles. The summed E-state index contributed by atoms with van der Waals surface area (Å²) in [6, 6.07) is 7.15. The monoisotopic (exact) mass is 548 g/mol. The van der Waals surface area contributed by atoms with Gasteiger partial charge in [-0.2, -0.15) is 27.8 Å². The van der Waals surface area contributed by atoms with Crippen LogP contribution >= 0.6 is 0 Å². The molecule has 200 valence electrons. The van der Waals surface area contributed by atoms with Crippen LogP contribution in [0.1, 0.15) is 31.7 Å². The van der Waals surface area contributed by atoms with Crippen LogP contribution in [0, 0.1) is 23.3 Å². The zero-order valence-electron chi connectivity index (χ0n) is 20.4. The summed E-state index contributed by atoms with van der Waals surface area (Å²) in [5, 5.41) is 24.3. The van der Waals surface area contributed by atoms with Gasteiger partial charge in [0.2, 0.25) is 10.0 Å². The number of fused-ring (bicyclic) bond motifs is 1. The Balaban J connectivity index is 1.48. The zero-order chi connectivity index (χ0) is 27.3. The summed E-state index contributed by atoms with van der Waals surface area (Å²) in [7, 11) is -4.14. The molecule has 10 nitrogen and oxygen atoms in total. The molecule has 1 saturated heterocycles. The molecule has 3 aromatic heterocycles. The lowest BCUT2D eigenvalue weighted by atomic mass is 9.89. The van der Waals surface area contributed by atoms with Gasteiger partial charge in [0.15, 0.2) is 0 Å². The first kappa shape index (κ1) is 26.2. The lowest BCUT2D eigenvalue weighted by Crippen LogP contribution is -2.64. The second-order valence-electron chi connectivity index (χ2n) is 9.91. The largest absolute Gasteiger partial charge is 0.390 e. The molecule has 0 aromatic carbocycles. The van der Waals surface area contributed by atoms with Crippen LogP contribution in [0.2, 0.25) is 0 Å². The Morgan fingerprint density at radius 3 is 2.68 bits per heavy atom. The summed E-state index contributed by atoms with van der Waals surface area (Å²) < 4.78 is 66.7. The van der Waals surface area contributed by atoms with Crippen molar-refractivity contribution in [2.24, 2.45) is 5.92 Å². The van der Waals surface area contributed by atoms with Crippen LogP contribution < -0.4 is 0 Å². The highest BCUT2D eigenvalue weighted by Crippen LogP contribution is 2.38. The smallest absolute Gasteiger partial charge is 0.376 e. The fourth-order valence-electron chi connectivity index (χ4n) is 4.66. The molecule has 0 radical (unpaired) electrons. The Hall–Kier alpha value is -3.46. The van der Waals surface area contributed by atoms with E-state index in [-0.39, 0.29) is 32.3 Å². The summed E-state index contributed by atoms with van der Waals surface area (Å²) >= 11 is 0. The van der Waals surface area contributed by atoms with E-state index in [2.05, 4.69) is 34.0 Å². The van der Waals surface area contributed by atoms with Gasteiger partial charge in [0, 0.05) is 54.3 Å². The van der Waals surface area contributed by atoms with Crippen LogP contribution in [0.5, 0.6) is 0 Å². The number of halogens is 3. The first-order valence-electron chi connectivity index (χ1n) is 12.0. The van der Waals surface area contributed by atoms with Crippen molar-refractivity contribution in [2.75, 3.05) is 18.8 Å². The summed E-state index contributed by atoms with van der Waals surface area (Å²) in [6.07, 6.45) is 1.46. The first-order valence-corrected chi connectivity index (χ1v) is 13.6. The molecule has 2 atom stereocenters. The van der Waals surface area contributed by atoms with Gasteiger partial charge in [0.05, 0.1) is 37.1 Å². The van der Waals surface area contributed by atoms with E-state index in [0.717, 1.165) is 16.1 Å². The molecule has 38 heavy (non-hydrogen) atoms. The Morgan fingerprint density at radius 1 is 1.32 bits per heavy atom. The van der Waals surface area contributed by atoms with Crippen LogP contribution in [0.15, 0.2) is 30.9 Å². The summed E-state index contributed by atoms with van der Waals surface area (Å²) in [5.74, 6) is -0.556. The number of nitriles is 1. The molecule has 0 amide bonds. The highest BCUT2D eigenvalue weighted by molar-refractivity contribution is 7.89. The number of alkyl halides is 3. The van der Waals surface area contributed by atoms with Crippen LogP contribution in [0.4, 0.5) is 13.2 Å². The molecule has 4 heterocycles. The first-order chi connectivity index (χ1) is 18.0. The average molecular weight is 549 g/mol. The van der Waals surface area contributed by atoms with Crippen LogP contribution in [-0.2, 0) is 22.3 Å². The predicted octanol–water partition coefficient (Wildman–Crippen LogP) is 3.15. The molecular formula is C24H25F3N7O3S+. The molecule has 2 aliphatic rings. The number of hydrogen-bond acceptors (Lipinski definition) is 6. The minimum absolute atomic E-state index is 0.0773. The number of aliphatic hydroxyl groups excluding tert-OH is 1. The Bertz CT molecular complexity index is 1590. The molecule has 0 bridgehead atoms.